The summed E-state index contributed by atoms with van der Waals surface area (Å²) < 4.78 is 5.51. The third-order valence-corrected chi connectivity index (χ3v) is 3.52. The number of hydrogen-bond acceptors (Lipinski definition) is 3. The Morgan fingerprint density at radius 3 is 3.15 bits per heavy atom. The fraction of sp³-hybridized carbons (Fsp3) is 1.00. The van der Waals surface area contributed by atoms with Crippen LogP contribution in [-0.2, 0) is 4.74 Å². The van der Waals surface area contributed by atoms with E-state index in [2.05, 4.69) is 11.9 Å². The van der Waals surface area contributed by atoms with E-state index in [0.717, 1.165) is 31.7 Å². The van der Waals surface area contributed by atoms with Gasteiger partial charge < -0.3 is 15.4 Å². The van der Waals surface area contributed by atoms with E-state index in [1.807, 2.05) is 0 Å². The van der Waals surface area contributed by atoms with Gasteiger partial charge in [0.1, 0.15) is 0 Å². The van der Waals surface area contributed by atoms with Gasteiger partial charge >= 0.3 is 0 Å². The van der Waals surface area contributed by atoms with Crippen molar-refractivity contribution in [3.8, 4) is 0 Å². The van der Waals surface area contributed by atoms with Crippen molar-refractivity contribution in [1.29, 1.82) is 0 Å². The number of rotatable bonds is 1. The Morgan fingerprint density at radius 1 is 1.54 bits per heavy atom. The lowest BCUT2D eigenvalue weighted by molar-refractivity contribution is -0.0409. The standard InChI is InChI=1S/C10H20N2O/c1-12-6-8(5-11)4-9-7-13-3-2-10(9)12/h8-10H,2-7,11H2,1H3. The molecule has 13 heavy (non-hydrogen) atoms. The lowest BCUT2D eigenvalue weighted by Crippen LogP contribution is -2.51. The first kappa shape index (κ1) is 9.44. The predicted molar refractivity (Wildman–Crippen MR) is 52.5 cm³/mol. The molecule has 0 aliphatic carbocycles. The molecule has 0 aromatic heterocycles. The Labute approximate surface area is 80.2 Å². The summed E-state index contributed by atoms with van der Waals surface area (Å²) in [7, 11) is 2.23. The second-order valence-electron chi connectivity index (χ2n) is 4.47. The Balaban J connectivity index is 1.99. The monoisotopic (exact) mass is 184 g/mol. The van der Waals surface area contributed by atoms with Gasteiger partial charge in [0.2, 0.25) is 0 Å². The van der Waals surface area contributed by atoms with Crippen LogP contribution in [-0.4, -0.2) is 44.3 Å². The highest BCUT2D eigenvalue weighted by atomic mass is 16.5. The summed E-state index contributed by atoms with van der Waals surface area (Å²) in [6.45, 7) is 3.90. The lowest BCUT2D eigenvalue weighted by atomic mass is 9.81. The maximum atomic E-state index is 5.72. The second-order valence-corrected chi connectivity index (χ2v) is 4.47. The molecule has 3 nitrogen and oxygen atoms in total. The molecule has 2 saturated heterocycles. The number of nitrogens with zero attached hydrogens (tertiary/aromatic N) is 1. The van der Waals surface area contributed by atoms with Gasteiger partial charge in [0.05, 0.1) is 6.61 Å². The first-order chi connectivity index (χ1) is 6.31. The molecule has 0 amide bonds. The van der Waals surface area contributed by atoms with E-state index in [0.29, 0.717) is 5.92 Å². The van der Waals surface area contributed by atoms with Crippen LogP contribution in [0.4, 0.5) is 0 Å². The first-order valence-electron chi connectivity index (χ1n) is 5.29. The molecule has 2 heterocycles. The molecular weight excluding hydrogens is 164 g/mol. The number of ether oxygens (including phenoxy) is 1. The number of fused-ring (bicyclic) bond motifs is 1. The van der Waals surface area contributed by atoms with E-state index in [1.54, 1.807) is 0 Å². The van der Waals surface area contributed by atoms with Crippen LogP contribution in [0.25, 0.3) is 0 Å². The smallest absolute Gasteiger partial charge is 0.0509 e. The molecule has 2 rings (SSSR count). The highest BCUT2D eigenvalue weighted by Crippen LogP contribution is 2.30. The SMILES string of the molecule is CN1CC(CN)CC2COCCC21. The predicted octanol–water partition coefficient (Wildman–Crippen LogP) is 0.302. The molecule has 2 fully saturated rings. The normalized spacial score (nSPS) is 41.5. The lowest BCUT2D eigenvalue weighted by Gasteiger charge is -2.45. The van der Waals surface area contributed by atoms with Crippen molar-refractivity contribution in [2.24, 2.45) is 17.6 Å². The largest absolute Gasteiger partial charge is 0.381 e. The summed E-state index contributed by atoms with van der Waals surface area (Å²) in [6, 6.07) is 0.761. The summed E-state index contributed by atoms with van der Waals surface area (Å²) >= 11 is 0. The number of likely N-dealkylation sites (tertiary alicyclic amines) is 1. The van der Waals surface area contributed by atoms with Gasteiger partial charge in [-0.3, -0.25) is 0 Å². The molecule has 2 N–H and O–H groups in total. The molecule has 2 aliphatic heterocycles. The van der Waals surface area contributed by atoms with E-state index in [-0.39, 0.29) is 0 Å². The van der Waals surface area contributed by atoms with Crippen molar-refractivity contribution in [2.75, 3.05) is 33.4 Å². The van der Waals surface area contributed by atoms with E-state index < -0.39 is 0 Å². The van der Waals surface area contributed by atoms with Crippen LogP contribution in [0.5, 0.6) is 0 Å². The van der Waals surface area contributed by atoms with Crippen LogP contribution < -0.4 is 5.73 Å². The molecule has 0 saturated carbocycles. The zero-order valence-electron chi connectivity index (χ0n) is 8.41. The van der Waals surface area contributed by atoms with Crippen LogP contribution in [0.1, 0.15) is 12.8 Å². The van der Waals surface area contributed by atoms with Crippen LogP contribution >= 0.6 is 0 Å². The van der Waals surface area contributed by atoms with E-state index >= 15 is 0 Å². The van der Waals surface area contributed by atoms with Gasteiger partial charge in [-0.1, -0.05) is 0 Å². The van der Waals surface area contributed by atoms with Gasteiger partial charge in [-0.2, -0.15) is 0 Å². The van der Waals surface area contributed by atoms with E-state index in [4.69, 9.17) is 10.5 Å². The molecule has 0 spiro atoms. The fourth-order valence-electron chi connectivity index (χ4n) is 2.81. The van der Waals surface area contributed by atoms with Crippen molar-refractivity contribution >= 4 is 0 Å². The Bertz CT molecular complexity index is 174. The molecule has 3 heteroatoms. The fourth-order valence-corrected chi connectivity index (χ4v) is 2.81. The maximum absolute atomic E-state index is 5.72. The van der Waals surface area contributed by atoms with Crippen LogP contribution in [0.3, 0.4) is 0 Å². The van der Waals surface area contributed by atoms with Gasteiger partial charge in [-0.05, 0) is 38.3 Å². The minimum Gasteiger partial charge on any atom is -0.381 e. The zero-order chi connectivity index (χ0) is 9.26. The molecule has 0 aromatic rings. The molecule has 3 unspecified atom stereocenters. The van der Waals surface area contributed by atoms with Crippen LogP contribution in [0.15, 0.2) is 0 Å². The van der Waals surface area contributed by atoms with Crippen molar-refractivity contribution in [3.05, 3.63) is 0 Å². The van der Waals surface area contributed by atoms with Gasteiger partial charge in [-0.15, -0.1) is 0 Å². The molecule has 3 atom stereocenters. The third-order valence-electron chi connectivity index (χ3n) is 3.52. The van der Waals surface area contributed by atoms with Gasteiger partial charge in [-0.25, -0.2) is 0 Å². The summed E-state index contributed by atoms with van der Waals surface area (Å²) in [5.74, 6) is 1.42. The number of hydrogen-bond donors (Lipinski definition) is 1. The third kappa shape index (κ3) is 1.87. The summed E-state index contributed by atoms with van der Waals surface area (Å²) in [4.78, 5) is 2.48. The number of piperidine rings is 1. The Hall–Kier alpha value is -0.120. The second kappa shape index (κ2) is 3.95. The highest BCUT2D eigenvalue weighted by molar-refractivity contribution is 4.88. The minimum atomic E-state index is 0.688. The van der Waals surface area contributed by atoms with Crippen molar-refractivity contribution in [1.82, 2.24) is 4.90 Å². The molecular formula is C10H20N2O. The topological polar surface area (TPSA) is 38.5 Å². The molecule has 0 aromatic carbocycles. The molecule has 76 valence electrons. The average molecular weight is 184 g/mol. The van der Waals surface area contributed by atoms with Gasteiger partial charge in [0.15, 0.2) is 0 Å². The van der Waals surface area contributed by atoms with Gasteiger partial charge in [0.25, 0.3) is 0 Å². The van der Waals surface area contributed by atoms with Crippen molar-refractivity contribution in [2.45, 2.75) is 18.9 Å². The molecule has 2 aliphatic rings. The Morgan fingerprint density at radius 2 is 2.38 bits per heavy atom. The summed E-state index contributed by atoms with van der Waals surface area (Å²) in [5.41, 5.74) is 5.72. The van der Waals surface area contributed by atoms with Gasteiger partial charge in [0, 0.05) is 19.2 Å². The maximum Gasteiger partial charge on any atom is 0.0509 e. The van der Waals surface area contributed by atoms with Crippen LogP contribution in [0.2, 0.25) is 0 Å². The zero-order valence-corrected chi connectivity index (χ0v) is 8.41. The van der Waals surface area contributed by atoms with Crippen molar-refractivity contribution < 1.29 is 4.74 Å². The summed E-state index contributed by atoms with van der Waals surface area (Å²) in [5, 5.41) is 0. The first-order valence-corrected chi connectivity index (χ1v) is 5.29. The quantitative estimate of drug-likeness (QED) is 0.637. The Kier molecular flexibility index (Phi) is 2.86. The van der Waals surface area contributed by atoms with E-state index in [1.165, 1.54) is 19.4 Å². The summed E-state index contributed by atoms with van der Waals surface area (Å²) in [6.07, 6.45) is 2.48. The van der Waals surface area contributed by atoms with E-state index in [9.17, 15) is 0 Å². The average Bonchev–Trinajstić information content (AvgIpc) is 2.18. The van der Waals surface area contributed by atoms with Crippen molar-refractivity contribution in [3.63, 3.8) is 0 Å². The molecule has 0 bridgehead atoms. The highest BCUT2D eigenvalue weighted by Gasteiger charge is 2.35. The van der Waals surface area contributed by atoms with Crippen LogP contribution in [0, 0.1) is 11.8 Å². The number of nitrogens with two attached hydrogens (primary N) is 1. The minimum absolute atomic E-state index is 0.688. The molecule has 0 radical (unpaired) electrons.